The molecule has 2 aromatic rings. The molecular weight excluding hydrogens is 256 g/mol. The van der Waals surface area contributed by atoms with Crippen LogP contribution in [0, 0.1) is 6.92 Å². The Morgan fingerprint density at radius 2 is 2.10 bits per heavy atom. The number of carbonyl (C=O) groups is 1. The Morgan fingerprint density at radius 1 is 1.40 bits per heavy atom. The number of methoxy groups -OCH3 is 1. The van der Waals surface area contributed by atoms with Gasteiger partial charge >= 0.3 is 5.97 Å². The predicted octanol–water partition coefficient (Wildman–Crippen LogP) is 3.01. The number of benzene rings is 1. The Labute approximate surface area is 117 Å². The molecule has 5 heteroatoms. The third-order valence-corrected chi connectivity index (χ3v) is 3.32. The van der Waals surface area contributed by atoms with Crippen LogP contribution < -0.4 is 4.74 Å². The normalized spacial score (nSPS) is 10.8. The zero-order chi connectivity index (χ0) is 14.9. The van der Waals surface area contributed by atoms with E-state index < -0.39 is 5.97 Å². The Hall–Kier alpha value is -2.30. The summed E-state index contributed by atoms with van der Waals surface area (Å²) in [6.45, 7) is 5.91. The molecule has 1 aromatic heterocycles. The molecule has 0 saturated heterocycles. The van der Waals surface area contributed by atoms with Crippen molar-refractivity contribution >= 4 is 5.97 Å². The second-order valence-corrected chi connectivity index (χ2v) is 4.94. The van der Waals surface area contributed by atoms with Gasteiger partial charge in [-0.3, -0.25) is 0 Å². The quantitative estimate of drug-likeness (QED) is 0.930. The van der Waals surface area contributed by atoms with Gasteiger partial charge in [0.15, 0.2) is 0 Å². The van der Waals surface area contributed by atoms with Crippen LogP contribution in [0.5, 0.6) is 5.75 Å². The molecule has 106 valence electrons. The molecule has 0 bridgehead atoms. The first-order chi connectivity index (χ1) is 9.45. The van der Waals surface area contributed by atoms with Crippen molar-refractivity contribution in [1.82, 2.24) is 9.78 Å². The van der Waals surface area contributed by atoms with Crippen LogP contribution in [0.3, 0.4) is 0 Å². The van der Waals surface area contributed by atoms with Crippen LogP contribution in [0.15, 0.2) is 24.4 Å². The standard InChI is InChI=1S/C15H18N2O3/c1-9(2)12-7-11(5-6-14(12)20-4)17-10(3)13(8-16-17)15(18)19/h5-9H,1-4H3,(H,18,19). The number of rotatable bonds is 4. The van der Waals surface area contributed by atoms with Crippen molar-refractivity contribution in [3.63, 3.8) is 0 Å². The number of carboxylic acids is 1. The molecule has 1 N–H and O–H groups in total. The average molecular weight is 274 g/mol. The van der Waals surface area contributed by atoms with Crippen LogP contribution in [0.4, 0.5) is 0 Å². The minimum atomic E-state index is -0.966. The maximum Gasteiger partial charge on any atom is 0.339 e. The van der Waals surface area contributed by atoms with E-state index in [0.29, 0.717) is 11.6 Å². The summed E-state index contributed by atoms with van der Waals surface area (Å²) in [5, 5.41) is 13.2. The lowest BCUT2D eigenvalue weighted by Crippen LogP contribution is -2.04. The van der Waals surface area contributed by atoms with Gasteiger partial charge in [-0.05, 0) is 36.6 Å². The number of aromatic carboxylic acids is 1. The first kappa shape index (κ1) is 14.1. The zero-order valence-electron chi connectivity index (χ0n) is 12.0. The average Bonchev–Trinajstić information content (AvgIpc) is 2.79. The summed E-state index contributed by atoms with van der Waals surface area (Å²) in [7, 11) is 1.64. The highest BCUT2D eigenvalue weighted by Crippen LogP contribution is 2.29. The first-order valence-corrected chi connectivity index (χ1v) is 6.42. The van der Waals surface area contributed by atoms with Gasteiger partial charge in [0, 0.05) is 0 Å². The van der Waals surface area contributed by atoms with E-state index in [9.17, 15) is 4.79 Å². The van der Waals surface area contributed by atoms with Gasteiger partial charge in [-0.25, -0.2) is 9.48 Å². The van der Waals surface area contributed by atoms with E-state index in [1.165, 1.54) is 6.20 Å². The molecule has 0 radical (unpaired) electrons. The minimum Gasteiger partial charge on any atom is -0.496 e. The number of ether oxygens (including phenoxy) is 1. The van der Waals surface area contributed by atoms with Crippen LogP contribution >= 0.6 is 0 Å². The van der Waals surface area contributed by atoms with Crippen LogP contribution in [-0.2, 0) is 0 Å². The van der Waals surface area contributed by atoms with E-state index in [1.807, 2.05) is 18.2 Å². The molecule has 1 heterocycles. The van der Waals surface area contributed by atoms with Crippen molar-refractivity contribution in [2.45, 2.75) is 26.7 Å². The van der Waals surface area contributed by atoms with Crippen LogP contribution in [0.25, 0.3) is 5.69 Å². The van der Waals surface area contributed by atoms with Crippen molar-refractivity contribution < 1.29 is 14.6 Å². The highest BCUT2D eigenvalue weighted by Gasteiger charge is 2.15. The second-order valence-electron chi connectivity index (χ2n) is 4.94. The van der Waals surface area contributed by atoms with Gasteiger partial charge in [0.2, 0.25) is 0 Å². The number of carboxylic acid groups (broad SMARTS) is 1. The summed E-state index contributed by atoms with van der Waals surface area (Å²) in [6, 6.07) is 5.73. The molecule has 0 spiro atoms. The molecule has 0 aliphatic heterocycles. The number of aromatic nitrogens is 2. The van der Waals surface area contributed by atoms with Crippen molar-refractivity contribution in [2.75, 3.05) is 7.11 Å². The van der Waals surface area contributed by atoms with Crippen molar-refractivity contribution in [1.29, 1.82) is 0 Å². The monoisotopic (exact) mass is 274 g/mol. The van der Waals surface area contributed by atoms with Gasteiger partial charge < -0.3 is 9.84 Å². The summed E-state index contributed by atoms with van der Waals surface area (Å²) in [6.07, 6.45) is 1.37. The molecular formula is C15H18N2O3. The molecule has 1 aromatic carbocycles. The summed E-state index contributed by atoms with van der Waals surface area (Å²) >= 11 is 0. The van der Waals surface area contributed by atoms with E-state index in [-0.39, 0.29) is 5.56 Å². The molecule has 0 fully saturated rings. The second kappa shape index (κ2) is 5.36. The SMILES string of the molecule is COc1ccc(-n2ncc(C(=O)O)c2C)cc1C(C)C. The predicted molar refractivity (Wildman–Crippen MR) is 75.9 cm³/mol. The number of hydrogen-bond acceptors (Lipinski definition) is 3. The van der Waals surface area contributed by atoms with Crippen LogP contribution in [-0.4, -0.2) is 28.0 Å². The van der Waals surface area contributed by atoms with Gasteiger partial charge in [0.1, 0.15) is 11.3 Å². The van der Waals surface area contributed by atoms with Crippen molar-refractivity contribution in [2.24, 2.45) is 0 Å². The molecule has 20 heavy (non-hydrogen) atoms. The number of nitrogens with zero attached hydrogens (tertiary/aromatic N) is 2. The molecule has 0 aliphatic rings. The van der Waals surface area contributed by atoms with Gasteiger partial charge in [0.05, 0.1) is 24.7 Å². The lowest BCUT2D eigenvalue weighted by Gasteiger charge is -2.14. The molecule has 5 nitrogen and oxygen atoms in total. The Morgan fingerprint density at radius 3 is 2.60 bits per heavy atom. The Balaban J connectivity index is 2.54. The topological polar surface area (TPSA) is 64.4 Å². The Kier molecular flexibility index (Phi) is 3.79. The zero-order valence-corrected chi connectivity index (χ0v) is 12.0. The van der Waals surface area contributed by atoms with Crippen LogP contribution in [0.1, 0.15) is 41.4 Å². The molecule has 0 atom stereocenters. The summed E-state index contributed by atoms with van der Waals surface area (Å²) in [5.74, 6) is 0.165. The smallest absolute Gasteiger partial charge is 0.339 e. The summed E-state index contributed by atoms with van der Waals surface area (Å²) in [5.41, 5.74) is 2.72. The lowest BCUT2D eigenvalue weighted by molar-refractivity contribution is 0.0696. The van der Waals surface area contributed by atoms with Gasteiger partial charge in [-0.15, -0.1) is 0 Å². The molecule has 0 saturated carbocycles. The number of hydrogen-bond donors (Lipinski definition) is 1. The molecule has 0 amide bonds. The first-order valence-electron chi connectivity index (χ1n) is 6.42. The van der Waals surface area contributed by atoms with E-state index in [1.54, 1.807) is 18.7 Å². The third kappa shape index (κ3) is 2.39. The highest BCUT2D eigenvalue weighted by molar-refractivity contribution is 5.88. The fourth-order valence-electron chi connectivity index (χ4n) is 2.18. The summed E-state index contributed by atoms with van der Waals surface area (Å²) < 4.78 is 6.98. The molecule has 2 rings (SSSR count). The fourth-order valence-corrected chi connectivity index (χ4v) is 2.18. The van der Waals surface area contributed by atoms with Crippen molar-refractivity contribution in [3.05, 3.63) is 41.2 Å². The third-order valence-electron chi connectivity index (χ3n) is 3.32. The largest absolute Gasteiger partial charge is 0.496 e. The maximum atomic E-state index is 11.1. The molecule has 0 unspecified atom stereocenters. The fraction of sp³-hybridized carbons (Fsp3) is 0.333. The highest BCUT2D eigenvalue weighted by atomic mass is 16.5. The van der Waals surface area contributed by atoms with Crippen LogP contribution in [0.2, 0.25) is 0 Å². The van der Waals surface area contributed by atoms with E-state index in [4.69, 9.17) is 9.84 Å². The van der Waals surface area contributed by atoms with Gasteiger partial charge in [-0.2, -0.15) is 5.10 Å². The van der Waals surface area contributed by atoms with E-state index in [2.05, 4.69) is 18.9 Å². The van der Waals surface area contributed by atoms with Gasteiger partial charge in [-0.1, -0.05) is 13.8 Å². The molecule has 0 aliphatic carbocycles. The van der Waals surface area contributed by atoms with E-state index in [0.717, 1.165) is 17.0 Å². The van der Waals surface area contributed by atoms with Gasteiger partial charge in [0.25, 0.3) is 0 Å². The maximum absolute atomic E-state index is 11.1. The van der Waals surface area contributed by atoms with Crippen molar-refractivity contribution in [3.8, 4) is 11.4 Å². The summed E-state index contributed by atoms with van der Waals surface area (Å²) in [4.78, 5) is 11.1. The Bertz CT molecular complexity index is 645. The van der Waals surface area contributed by atoms with E-state index >= 15 is 0 Å². The lowest BCUT2D eigenvalue weighted by atomic mass is 10.0. The minimum absolute atomic E-state index is 0.215.